The van der Waals surface area contributed by atoms with Crippen LogP contribution in [0.4, 0.5) is 15.9 Å². The lowest BCUT2D eigenvalue weighted by molar-refractivity contribution is 0.0437. The fourth-order valence-electron chi connectivity index (χ4n) is 2.40. The maximum atomic E-state index is 13.3. The largest absolute Gasteiger partial charge is 0.452 e. The number of hydrogen-bond acceptors (Lipinski definition) is 7. The number of aromatic nitrogens is 3. The standard InChI is InChI=1S/C18H15FN4O3/c19-12-3-1-4-13(9-12)21-16-14(5-2-8-20-16)18(24)25-10-15-22-23-17(26-15)11-6-7-11/h1-5,8-9,11H,6-7,10H2,(H,20,21). The summed E-state index contributed by atoms with van der Waals surface area (Å²) < 4.78 is 24.0. The third kappa shape index (κ3) is 3.69. The third-order valence-corrected chi connectivity index (χ3v) is 3.85. The zero-order chi connectivity index (χ0) is 17.9. The van der Waals surface area contributed by atoms with Gasteiger partial charge in [0.2, 0.25) is 5.89 Å². The first-order valence-corrected chi connectivity index (χ1v) is 8.16. The molecule has 1 aromatic carbocycles. The first-order chi connectivity index (χ1) is 12.7. The van der Waals surface area contributed by atoms with E-state index in [1.807, 2.05) is 0 Å². The molecule has 1 saturated carbocycles. The quantitative estimate of drug-likeness (QED) is 0.677. The number of esters is 1. The molecule has 8 heteroatoms. The first-order valence-electron chi connectivity index (χ1n) is 8.16. The molecule has 7 nitrogen and oxygen atoms in total. The van der Waals surface area contributed by atoms with Gasteiger partial charge < -0.3 is 14.5 Å². The van der Waals surface area contributed by atoms with Crippen molar-refractivity contribution in [1.29, 1.82) is 0 Å². The highest BCUT2D eigenvalue weighted by molar-refractivity contribution is 5.95. The minimum absolute atomic E-state index is 0.118. The van der Waals surface area contributed by atoms with Gasteiger partial charge in [-0.3, -0.25) is 0 Å². The number of hydrogen-bond donors (Lipinski definition) is 1. The predicted molar refractivity (Wildman–Crippen MR) is 89.3 cm³/mol. The number of nitrogens with one attached hydrogen (secondary N) is 1. The third-order valence-electron chi connectivity index (χ3n) is 3.85. The number of carbonyl (C=O) groups is 1. The predicted octanol–water partition coefficient (Wildman–Crippen LogP) is 3.58. The summed E-state index contributed by atoms with van der Waals surface area (Å²) in [6.07, 6.45) is 3.62. The van der Waals surface area contributed by atoms with Crippen molar-refractivity contribution < 1.29 is 18.3 Å². The van der Waals surface area contributed by atoms with Crippen molar-refractivity contribution in [3.05, 3.63) is 65.8 Å². The molecular formula is C18H15FN4O3. The first kappa shape index (κ1) is 16.2. The van der Waals surface area contributed by atoms with Gasteiger partial charge >= 0.3 is 5.97 Å². The summed E-state index contributed by atoms with van der Waals surface area (Å²) in [4.78, 5) is 16.5. The lowest BCUT2D eigenvalue weighted by Crippen LogP contribution is -2.09. The Morgan fingerprint density at radius 1 is 1.27 bits per heavy atom. The van der Waals surface area contributed by atoms with Gasteiger partial charge in [0.1, 0.15) is 17.2 Å². The van der Waals surface area contributed by atoms with Gasteiger partial charge in [-0.05, 0) is 43.2 Å². The second-order valence-electron chi connectivity index (χ2n) is 5.92. The van der Waals surface area contributed by atoms with Gasteiger partial charge in [0.05, 0.1) is 0 Å². The van der Waals surface area contributed by atoms with Crippen LogP contribution >= 0.6 is 0 Å². The van der Waals surface area contributed by atoms with Gasteiger partial charge in [-0.15, -0.1) is 10.2 Å². The number of carbonyl (C=O) groups excluding carboxylic acids is 1. The average molecular weight is 354 g/mol. The molecule has 0 radical (unpaired) electrons. The van der Waals surface area contributed by atoms with E-state index >= 15 is 0 Å². The molecule has 4 rings (SSSR count). The molecule has 1 aliphatic rings. The van der Waals surface area contributed by atoms with E-state index in [4.69, 9.17) is 9.15 Å². The molecule has 0 atom stereocenters. The highest BCUT2D eigenvalue weighted by atomic mass is 19.1. The van der Waals surface area contributed by atoms with E-state index < -0.39 is 11.8 Å². The Hall–Kier alpha value is -3.29. The van der Waals surface area contributed by atoms with Crippen molar-refractivity contribution >= 4 is 17.5 Å². The maximum absolute atomic E-state index is 13.3. The smallest absolute Gasteiger partial charge is 0.342 e. The van der Waals surface area contributed by atoms with Crippen LogP contribution in [0.25, 0.3) is 0 Å². The second kappa shape index (κ2) is 6.91. The Bertz CT molecular complexity index is 939. The van der Waals surface area contributed by atoms with Crippen LogP contribution < -0.4 is 5.32 Å². The molecule has 0 unspecified atom stereocenters. The maximum Gasteiger partial charge on any atom is 0.342 e. The molecule has 2 aromatic heterocycles. The number of pyridine rings is 1. The van der Waals surface area contributed by atoms with E-state index in [2.05, 4.69) is 20.5 Å². The van der Waals surface area contributed by atoms with Crippen LogP contribution in [0.2, 0.25) is 0 Å². The summed E-state index contributed by atoms with van der Waals surface area (Å²) >= 11 is 0. The van der Waals surface area contributed by atoms with Crippen LogP contribution in [0.5, 0.6) is 0 Å². The van der Waals surface area contributed by atoms with E-state index in [1.54, 1.807) is 24.3 Å². The minimum Gasteiger partial charge on any atom is -0.452 e. The summed E-state index contributed by atoms with van der Waals surface area (Å²) in [6.45, 7) is -0.118. The molecule has 1 N–H and O–H groups in total. The summed E-state index contributed by atoms with van der Waals surface area (Å²) in [6, 6.07) is 9.06. The van der Waals surface area contributed by atoms with Crippen LogP contribution in [-0.4, -0.2) is 21.2 Å². The molecule has 1 aliphatic carbocycles. The molecule has 0 amide bonds. The Morgan fingerprint density at radius 3 is 2.96 bits per heavy atom. The van der Waals surface area contributed by atoms with Crippen molar-refractivity contribution in [2.45, 2.75) is 25.4 Å². The van der Waals surface area contributed by atoms with Gasteiger partial charge in [0.15, 0.2) is 6.61 Å². The number of benzene rings is 1. The Morgan fingerprint density at radius 2 is 2.15 bits per heavy atom. The van der Waals surface area contributed by atoms with Gasteiger partial charge in [0, 0.05) is 17.8 Å². The molecular weight excluding hydrogens is 339 g/mol. The van der Waals surface area contributed by atoms with Crippen molar-refractivity contribution in [2.24, 2.45) is 0 Å². The van der Waals surface area contributed by atoms with Crippen LogP contribution in [0, 0.1) is 5.82 Å². The molecule has 1 fully saturated rings. The van der Waals surface area contributed by atoms with Crippen molar-refractivity contribution in [3.63, 3.8) is 0 Å². The van der Waals surface area contributed by atoms with Crippen LogP contribution in [0.1, 0.15) is 40.9 Å². The molecule has 2 heterocycles. The molecule has 0 saturated heterocycles. The Balaban J connectivity index is 1.45. The summed E-state index contributed by atoms with van der Waals surface area (Å²) in [7, 11) is 0. The Kier molecular flexibility index (Phi) is 4.30. The SMILES string of the molecule is O=C(OCc1nnc(C2CC2)o1)c1cccnc1Nc1cccc(F)c1. The fourth-order valence-corrected chi connectivity index (χ4v) is 2.40. The minimum atomic E-state index is -0.594. The van der Waals surface area contributed by atoms with Gasteiger partial charge in [-0.25, -0.2) is 14.2 Å². The zero-order valence-electron chi connectivity index (χ0n) is 13.7. The molecule has 3 aromatic rings. The van der Waals surface area contributed by atoms with E-state index in [-0.39, 0.29) is 23.9 Å². The summed E-state index contributed by atoms with van der Waals surface area (Å²) in [5.74, 6) is 0.468. The van der Waals surface area contributed by atoms with Crippen molar-refractivity contribution in [1.82, 2.24) is 15.2 Å². The summed E-state index contributed by atoms with van der Waals surface area (Å²) in [5.41, 5.74) is 0.697. The van der Waals surface area contributed by atoms with E-state index in [1.165, 1.54) is 18.3 Å². The zero-order valence-corrected chi connectivity index (χ0v) is 13.7. The number of rotatable bonds is 6. The van der Waals surface area contributed by atoms with Crippen LogP contribution in [0.15, 0.2) is 47.0 Å². The van der Waals surface area contributed by atoms with E-state index in [9.17, 15) is 9.18 Å². The molecule has 26 heavy (non-hydrogen) atoms. The van der Waals surface area contributed by atoms with Gasteiger partial charge in [0.25, 0.3) is 5.89 Å². The van der Waals surface area contributed by atoms with E-state index in [0.29, 0.717) is 17.5 Å². The molecule has 0 aliphatic heterocycles. The van der Waals surface area contributed by atoms with Crippen LogP contribution in [-0.2, 0) is 11.3 Å². The van der Waals surface area contributed by atoms with E-state index in [0.717, 1.165) is 12.8 Å². The van der Waals surface area contributed by atoms with Gasteiger partial charge in [-0.1, -0.05) is 6.07 Å². The number of anilines is 2. The number of halogens is 1. The lowest BCUT2D eigenvalue weighted by Gasteiger charge is -2.10. The topological polar surface area (TPSA) is 90.1 Å². The number of ether oxygens (including phenoxy) is 1. The average Bonchev–Trinajstić information content (AvgIpc) is 3.39. The van der Waals surface area contributed by atoms with Gasteiger partial charge in [-0.2, -0.15) is 0 Å². The highest BCUT2D eigenvalue weighted by Crippen LogP contribution is 2.39. The number of nitrogens with zero attached hydrogens (tertiary/aromatic N) is 3. The highest BCUT2D eigenvalue weighted by Gasteiger charge is 2.29. The molecule has 0 bridgehead atoms. The summed E-state index contributed by atoms with van der Waals surface area (Å²) in [5, 5.41) is 10.7. The molecule has 132 valence electrons. The lowest BCUT2D eigenvalue weighted by atomic mass is 10.2. The van der Waals surface area contributed by atoms with Crippen molar-refractivity contribution in [2.75, 3.05) is 5.32 Å². The Labute approximate surface area is 148 Å². The molecule has 0 spiro atoms. The fraction of sp³-hybridized carbons (Fsp3) is 0.222. The van der Waals surface area contributed by atoms with Crippen molar-refractivity contribution in [3.8, 4) is 0 Å². The monoisotopic (exact) mass is 354 g/mol. The normalized spacial score (nSPS) is 13.4. The second-order valence-corrected chi connectivity index (χ2v) is 5.92. The van der Waals surface area contributed by atoms with Crippen LogP contribution in [0.3, 0.4) is 0 Å².